The minimum atomic E-state index is -4.52. The Morgan fingerprint density at radius 3 is 2.00 bits per heavy atom. The molecule has 0 aliphatic carbocycles. The summed E-state index contributed by atoms with van der Waals surface area (Å²) in [7, 11) is 0. The number of alkyl halides is 6. The van der Waals surface area contributed by atoms with Gasteiger partial charge in [-0.3, -0.25) is 4.79 Å². The predicted octanol–water partition coefficient (Wildman–Crippen LogP) is 6.54. The van der Waals surface area contributed by atoms with Gasteiger partial charge in [0.2, 0.25) is 3.79 Å². The fourth-order valence-electron chi connectivity index (χ4n) is 2.49. The molecule has 0 heterocycles. The minimum absolute atomic E-state index is 0.0412. The number of hydrogen-bond donors (Lipinski definition) is 2. The first-order valence-electron chi connectivity index (χ1n) is 8.60. The van der Waals surface area contributed by atoms with Crippen LogP contribution in [0.4, 0.5) is 18.9 Å². The first-order chi connectivity index (χ1) is 13.2. The van der Waals surface area contributed by atoms with Crippen molar-refractivity contribution in [3.8, 4) is 0 Å². The second-order valence-electron chi connectivity index (χ2n) is 7.50. The molecule has 0 aliphatic rings. The molecule has 2 aromatic rings. The molecule has 1 atom stereocenters. The van der Waals surface area contributed by atoms with Crippen molar-refractivity contribution in [3.05, 3.63) is 65.2 Å². The first kappa shape index (κ1) is 23.6. The van der Waals surface area contributed by atoms with Crippen molar-refractivity contribution >= 4 is 46.4 Å². The lowest BCUT2D eigenvalue weighted by Crippen LogP contribution is -2.49. The maximum Gasteiger partial charge on any atom is 0.416 e. The van der Waals surface area contributed by atoms with Gasteiger partial charge in [-0.25, -0.2) is 0 Å². The van der Waals surface area contributed by atoms with Crippen LogP contribution in [0.25, 0.3) is 0 Å². The summed E-state index contributed by atoms with van der Waals surface area (Å²) >= 11 is 17.8. The van der Waals surface area contributed by atoms with E-state index in [2.05, 4.69) is 10.6 Å². The average Bonchev–Trinajstić information content (AvgIpc) is 2.59. The van der Waals surface area contributed by atoms with Crippen LogP contribution in [-0.4, -0.2) is 15.9 Å². The lowest BCUT2D eigenvalue weighted by Gasteiger charge is -2.28. The van der Waals surface area contributed by atoms with Gasteiger partial charge >= 0.3 is 6.18 Å². The van der Waals surface area contributed by atoms with Crippen LogP contribution in [0.15, 0.2) is 48.5 Å². The second-order valence-corrected chi connectivity index (χ2v) is 9.87. The zero-order valence-electron chi connectivity index (χ0n) is 15.9. The first-order valence-corrected chi connectivity index (χ1v) is 9.73. The van der Waals surface area contributed by atoms with Crippen molar-refractivity contribution < 1.29 is 18.0 Å². The second kappa shape index (κ2) is 8.62. The molecule has 0 saturated heterocycles. The van der Waals surface area contributed by atoms with Gasteiger partial charge in [0.1, 0.15) is 6.17 Å². The van der Waals surface area contributed by atoms with E-state index < -0.39 is 27.6 Å². The average molecular weight is 468 g/mol. The van der Waals surface area contributed by atoms with Gasteiger partial charge in [-0.2, -0.15) is 13.2 Å². The van der Waals surface area contributed by atoms with E-state index in [1.54, 1.807) is 12.1 Å². The lowest BCUT2D eigenvalue weighted by molar-refractivity contribution is -0.137. The molecule has 158 valence electrons. The summed E-state index contributed by atoms with van der Waals surface area (Å²) in [5.74, 6) is -0.540. The van der Waals surface area contributed by atoms with Crippen molar-refractivity contribution in [1.29, 1.82) is 0 Å². The van der Waals surface area contributed by atoms with Crippen molar-refractivity contribution in [2.75, 3.05) is 5.32 Å². The Balaban J connectivity index is 2.21. The molecule has 29 heavy (non-hydrogen) atoms. The number of carbonyl (C=O) groups excluding carboxylic acids is 1. The van der Waals surface area contributed by atoms with Crippen LogP contribution in [0.1, 0.15) is 42.3 Å². The van der Waals surface area contributed by atoms with Crippen LogP contribution in [-0.2, 0) is 11.6 Å². The molecule has 1 unspecified atom stereocenters. The van der Waals surface area contributed by atoms with Gasteiger partial charge in [0.15, 0.2) is 0 Å². The molecule has 3 nitrogen and oxygen atoms in total. The standard InChI is InChI=1S/C20H20Cl3F3N2O/c1-18(2,3)13-9-7-12(8-10-13)16(29)28-17(19(21,22)23)27-15-6-4-5-14(11-15)20(24,25)26/h4-11,17,27H,1-3H3,(H,28,29). The Hall–Kier alpha value is -1.63. The Morgan fingerprint density at radius 1 is 0.931 bits per heavy atom. The van der Waals surface area contributed by atoms with E-state index in [0.29, 0.717) is 5.56 Å². The molecule has 0 bridgehead atoms. The number of halogens is 6. The smallest absolute Gasteiger partial charge is 0.362 e. The molecule has 9 heteroatoms. The Bertz CT molecular complexity index is 857. The van der Waals surface area contributed by atoms with E-state index in [0.717, 1.165) is 17.7 Å². The maximum absolute atomic E-state index is 12.9. The molecular formula is C20H20Cl3F3N2O. The van der Waals surface area contributed by atoms with Crippen LogP contribution in [0.5, 0.6) is 0 Å². The summed E-state index contributed by atoms with van der Waals surface area (Å²) in [5, 5.41) is 5.15. The van der Waals surface area contributed by atoms with Gasteiger partial charge < -0.3 is 10.6 Å². The summed E-state index contributed by atoms with van der Waals surface area (Å²) in [5.41, 5.74) is 0.450. The third kappa shape index (κ3) is 6.69. The molecule has 1 amide bonds. The monoisotopic (exact) mass is 466 g/mol. The highest BCUT2D eigenvalue weighted by Gasteiger charge is 2.35. The van der Waals surface area contributed by atoms with Crippen molar-refractivity contribution in [3.63, 3.8) is 0 Å². The van der Waals surface area contributed by atoms with E-state index in [1.165, 1.54) is 12.1 Å². The van der Waals surface area contributed by atoms with E-state index in [9.17, 15) is 18.0 Å². The Morgan fingerprint density at radius 2 is 1.52 bits per heavy atom. The summed E-state index contributed by atoms with van der Waals surface area (Å²) in [6.07, 6.45) is -5.80. The van der Waals surface area contributed by atoms with E-state index >= 15 is 0 Å². The van der Waals surface area contributed by atoms with Gasteiger partial charge in [0.25, 0.3) is 5.91 Å². The van der Waals surface area contributed by atoms with Crippen LogP contribution >= 0.6 is 34.8 Å². The lowest BCUT2D eigenvalue weighted by atomic mass is 9.87. The van der Waals surface area contributed by atoms with Crippen LogP contribution in [0.3, 0.4) is 0 Å². The summed E-state index contributed by atoms with van der Waals surface area (Å²) in [6.45, 7) is 6.12. The van der Waals surface area contributed by atoms with Gasteiger partial charge in [0, 0.05) is 11.3 Å². The summed E-state index contributed by atoms with van der Waals surface area (Å²) in [6, 6.07) is 11.3. The number of amides is 1. The molecule has 0 spiro atoms. The highest BCUT2D eigenvalue weighted by atomic mass is 35.6. The third-order valence-electron chi connectivity index (χ3n) is 4.12. The maximum atomic E-state index is 12.9. The summed E-state index contributed by atoms with van der Waals surface area (Å²) < 4.78 is 36.7. The molecule has 2 rings (SSSR count). The topological polar surface area (TPSA) is 41.1 Å². The van der Waals surface area contributed by atoms with E-state index in [-0.39, 0.29) is 11.1 Å². The fraction of sp³-hybridized carbons (Fsp3) is 0.350. The highest BCUT2D eigenvalue weighted by Crippen LogP contribution is 2.34. The normalized spacial score (nSPS) is 13.7. The van der Waals surface area contributed by atoms with Gasteiger partial charge in [0.05, 0.1) is 5.56 Å². The predicted molar refractivity (Wildman–Crippen MR) is 112 cm³/mol. The zero-order chi connectivity index (χ0) is 22.0. The molecule has 0 radical (unpaired) electrons. The highest BCUT2D eigenvalue weighted by molar-refractivity contribution is 6.68. The Labute approximate surface area is 182 Å². The van der Waals surface area contributed by atoms with Crippen molar-refractivity contribution in [2.45, 2.75) is 42.3 Å². The van der Waals surface area contributed by atoms with Crippen LogP contribution in [0, 0.1) is 0 Å². The molecule has 2 N–H and O–H groups in total. The molecular weight excluding hydrogens is 448 g/mol. The molecule has 0 aliphatic heterocycles. The third-order valence-corrected chi connectivity index (χ3v) is 4.77. The van der Waals surface area contributed by atoms with E-state index in [1.807, 2.05) is 32.9 Å². The number of carbonyl (C=O) groups is 1. The van der Waals surface area contributed by atoms with Crippen molar-refractivity contribution in [2.24, 2.45) is 0 Å². The quantitative estimate of drug-likeness (QED) is 0.396. The SMILES string of the molecule is CC(C)(C)c1ccc(C(=O)NC(Nc2cccc(C(F)(F)F)c2)C(Cl)(Cl)Cl)cc1. The molecule has 0 saturated carbocycles. The number of nitrogens with one attached hydrogen (secondary N) is 2. The number of anilines is 1. The zero-order valence-corrected chi connectivity index (χ0v) is 18.1. The van der Waals surface area contributed by atoms with Crippen LogP contribution in [0.2, 0.25) is 0 Å². The van der Waals surface area contributed by atoms with Gasteiger partial charge in [-0.15, -0.1) is 0 Å². The molecule has 2 aromatic carbocycles. The van der Waals surface area contributed by atoms with Crippen molar-refractivity contribution in [1.82, 2.24) is 5.32 Å². The fourth-order valence-corrected chi connectivity index (χ4v) is 2.82. The number of hydrogen-bond acceptors (Lipinski definition) is 2. The van der Waals surface area contributed by atoms with Crippen LogP contribution < -0.4 is 10.6 Å². The van der Waals surface area contributed by atoms with Gasteiger partial charge in [-0.1, -0.05) is 73.8 Å². The minimum Gasteiger partial charge on any atom is -0.362 e. The van der Waals surface area contributed by atoms with Gasteiger partial charge in [-0.05, 0) is 41.3 Å². The largest absolute Gasteiger partial charge is 0.416 e. The Kier molecular flexibility index (Phi) is 7.03. The molecule has 0 aromatic heterocycles. The number of benzene rings is 2. The van der Waals surface area contributed by atoms with E-state index in [4.69, 9.17) is 34.8 Å². The summed E-state index contributed by atoms with van der Waals surface area (Å²) in [4.78, 5) is 12.6. The number of rotatable bonds is 4. The molecule has 0 fully saturated rings.